The van der Waals surface area contributed by atoms with Crippen LogP contribution in [-0.4, -0.2) is 75.2 Å². The third-order valence-corrected chi connectivity index (χ3v) is 3.89. The SMILES string of the molecule is CC1(C)C(=O)NCCN1C(=O)N1CC(O)C[C@H]1C(=O)O. The van der Waals surface area contributed by atoms with E-state index in [2.05, 4.69) is 5.32 Å². The Morgan fingerprint density at radius 1 is 1.40 bits per heavy atom. The lowest BCUT2D eigenvalue weighted by molar-refractivity contribution is -0.141. The molecule has 2 saturated heterocycles. The number of carbonyl (C=O) groups excluding carboxylic acids is 2. The number of β-amino-alcohol motifs (C(OH)–C–C–N with tert-alkyl or cyclic N) is 1. The quantitative estimate of drug-likeness (QED) is 0.562. The molecule has 2 fully saturated rings. The Balaban J connectivity index is 2.22. The maximum Gasteiger partial charge on any atom is 0.326 e. The number of carboxylic acids is 1. The van der Waals surface area contributed by atoms with Gasteiger partial charge in [-0.3, -0.25) is 4.79 Å². The van der Waals surface area contributed by atoms with Crippen molar-refractivity contribution in [1.29, 1.82) is 0 Å². The second-order valence-corrected chi connectivity index (χ2v) is 5.65. The highest BCUT2D eigenvalue weighted by Gasteiger charge is 2.46. The number of carbonyl (C=O) groups is 3. The molecule has 3 N–H and O–H groups in total. The van der Waals surface area contributed by atoms with Gasteiger partial charge in [-0.1, -0.05) is 0 Å². The van der Waals surface area contributed by atoms with Gasteiger partial charge in [0.2, 0.25) is 5.91 Å². The van der Waals surface area contributed by atoms with Crippen molar-refractivity contribution in [3.63, 3.8) is 0 Å². The molecule has 2 aliphatic heterocycles. The Labute approximate surface area is 116 Å². The van der Waals surface area contributed by atoms with Crippen molar-refractivity contribution in [3.8, 4) is 0 Å². The summed E-state index contributed by atoms with van der Waals surface area (Å²) in [6.07, 6.45) is -0.830. The fraction of sp³-hybridized carbons (Fsp3) is 0.750. The van der Waals surface area contributed by atoms with E-state index in [9.17, 15) is 19.5 Å². The summed E-state index contributed by atoms with van der Waals surface area (Å²) in [7, 11) is 0. The number of carboxylic acid groups (broad SMARTS) is 1. The number of urea groups is 1. The third kappa shape index (κ3) is 2.31. The van der Waals surface area contributed by atoms with Crippen LogP contribution in [0.1, 0.15) is 20.3 Å². The van der Waals surface area contributed by atoms with Gasteiger partial charge in [-0.15, -0.1) is 0 Å². The molecular weight excluding hydrogens is 266 g/mol. The van der Waals surface area contributed by atoms with E-state index >= 15 is 0 Å². The smallest absolute Gasteiger partial charge is 0.326 e. The van der Waals surface area contributed by atoms with Gasteiger partial charge in [0, 0.05) is 26.1 Å². The second kappa shape index (κ2) is 4.93. The molecular formula is C12H19N3O5. The molecule has 0 radical (unpaired) electrons. The molecule has 8 nitrogen and oxygen atoms in total. The Morgan fingerprint density at radius 2 is 2.05 bits per heavy atom. The van der Waals surface area contributed by atoms with Crippen molar-refractivity contribution in [2.24, 2.45) is 0 Å². The molecule has 0 saturated carbocycles. The minimum Gasteiger partial charge on any atom is -0.480 e. The van der Waals surface area contributed by atoms with Crippen molar-refractivity contribution in [3.05, 3.63) is 0 Å². The molecule has 0 aromatic heterocycles. The number of hydrogen-bond donors (Lipinski definition) is 3. The first-order valence-corrected chi connectivity index (χ1v) is 6.52. The maximum atomic E-state index is 12.5. The van der Waals surface area contributed by atoms with Crippen LogP contribution in [0, 0.1) is 0 Å². The zero-order valence-electron chi connectivity index (χ0n) is 11.5. The van der Waals surface area contributed by atoms with Crippen LogP contribution in [-0.2, 0) is 9.59 Å². The molecule has 0 aromatic rings. The average molecular weight is 285 g/mol. The lowest BCUT2D eigenvalue weighted by atomic mass is 9.99. The van der Waals surface area contributed by atoms with Gasteiger partial charge in [0.05, 0.1) is 6.10 Å². The first kappa shape index (κ1) is 14.6. The molecule has 112 valence electrons. The molecule has 0 aromatic carbocycles. The molecule has 2 heterocycles. The van der Waals surface area contributed by atoms with Crippen molar-refractivity contribution >= 4 is 17.9 Å². The van der Waals surface area contributed by atoms with E-state index in [4.69, 9.17) is 5.11 Å². The normalized spacial score (nSPS) is 29.2. The number of nitrogens with one attached hydrogen (secondary N) is 1. The van der Waals surface area contributed by atoms with Gasteiger partial charge >= 0.3 is 12.0 Å². The number of piperazine rings is 1. The number of amides is 3. The lowest BCUT2D eigenvalue weighted by Gasteiger charge is -2.43. The van der Waals surface area contributed by atoms with E-state index in [1.165, 1.54) is 4.90 Å². The van der Waals surface area contributed by atoms with Crippen LogP contribution in [0.15, 0.2) is 0 Å². The zero-order valence-corrected chi connectivity index (χ0v) is 11.5. The first-order valence-electron chi connectivity index (χ1n) is 6.52. The van der Waals surface area contributed by atoms with Crippen molar-refractivity contribution < 1.29 is 24.6 Å². The van der Waals surface area contributed by atoms with Gasteiger partial charge in [0.25, 0.3) is 0 Å². The van der Waals surface area contributed by atoms with Crippen molar-refractivity contribution in [2.75, 3.05) is 19.6 Å². The molecule has 0 spiro atoms. The largest absolute Gasteiger partial charge is 0.480 e. The maximum absolute atomic E-state index is 12.5. The number of nitrogens with zero attached hydrogens (tertiary/aromatic N) is 2. The third-order valence-electron chi connectivity index (χ3n) is 3.89. The molecule has 0 bridgehead atoms. The highest BCUT2D eigenvalue weighted by Crippen LogP contribution is 2.25. The van der Waals surface area contributed by atoms with Crippen LogP contribution >= 0.6 is 0 Å². The van der Waals surface area contributed by atoms with Gasteiger partial charge in [-0.05, 0) is 13.8 Å². The number of hydrogen-bond acceptors (Lipinski definition) is 4. The number of aliphatic carboxylic acids is 1. The minimum atomic E-state index is -1.14. The van der Waals surface area contributed by atoms with Crippen LogP contribution in [0.4, 0.5) is 4.79 Å². The first-order chi connectivity index (χ1) is 9.25. The van der Waals surface area contributed by atoms with Gasteiger partial charge in [-0.2, -0.15) is 0 Å². The highest BCUT2D eigenvalue weighted by atomic mass is 16.4. The number of likely N-dealkylation sites (tertiary alicyclic amines) is 1. The summed E-state index contributed by atoms with van der Waals surface area (Å²) in [6.45, 7) is 3.85. The summed E-state index contributed by atoms with van der Waals surface area (Å²) >= 11 is 0. The van der Waals surface area contributed by atoms with Crippen molar-refractivity contribution in [2.45, 2.75) is 38.0 Å². The summed E-state index contributed by atoms with van der Waals surface area (Å²) in [4.78, 5) is 38.0. The van der Waals surface area contributed by atoms with Crippen LogP contribution in [0.2, 0.25) is 0 Å². The van der Waals surface area contributed by atoms with Crippen molar-refractivity contribution in [1.82, 2.24) is 15.1 Å². The van der Waals surface area contributed by atoms with Gasteiger partial charge in [0.1, 0.15) is 11.6 Å². The van der Waals surface area contributed by atoms with E-state index < -0.39 is 29.7 Å². The fourth-order valence-electron chi connectivity index (χ4n) is 2.65. The lowest BCUT2D eigenvalue weighted by Crippen LogP contribution is -2.66. The molecule has 1 unspecified atom stereocenters. The van der Waals surface area contributed by atoms with E-state index in [0.717, 1.165) is 4.90 Å². The van der Waals surface area contributed by atoms with Crippen LogP contribution in [0.5, 0.6) is 0 Å². The number of aliphatic hydroxyl groups excluding tert-OH is 1. The fourth-order valence-corrected chi connectivity index (χ4v) is 2.65. The van der Waals surface area contributed by atoms with E-state index in [-0.39, 0.29) is 18.9 Å². The summed E-state index contributed by atoms with van der Waals surface area (Å²) in [5, 5.41) is 21.4. The molecule has 0 aliphatic carbocycles. The van der Waals surface area contributed by atoms with Crippen LogP contribution in [0.25, 0.3) is 0 Å². The summed E-state index contributed by atoms with van der Waals surface area (Å²) in [5.41, 5.74) is -1.04. The Kier molecular flexibility index (Phi) is 3.59. The molecule has 3 amide bonds. The van der Waals surface area contributed by atoms with Gasteiger partial charge in [-0.25, -0.2) is 9.59 Å². The molecule has 2 atom stereocenters. The van der Waals surface area contributed by atoms with Crippen LogP contribution < -0.4 is 5.32 Å². The number of aliphatic hydroxyl groups is 1. The Morgan fingerprint density at radius 3 is 2.65 bits per heavy atom. The van der Waals surface area contributed by atoms with Gasteiger partial charge in [0.15, 0.2) is 0 Å². The molecule has 2 aliphatic rings. The monoisotopic (exact) mass is 285 g/mol. The van der Waals surface area contributed by atoms with Gasteiger partial charge < -0.3 is 25.3 Å². The van der Waals surface area contributed by atoms with E-state index in [0.29, 0.717) is 13.1 Å². The minimum absolute atomic E-state index is 0.0154. The number of rotatable bonds is 1. The summed E-state index contributed by atoms with van der Waals surface area (Å²) in [5.74, 6) is -1.42. The van der Waals surface area contributed by atoms with E-state index in [1.54, 1.807) is 13.8 Å². The molecule has 8 heteroatoms. The Bertz CT molecular complexity index is 450. The Hall–Kier alpha value is -1.83. The summed E-state index contributed by atoms with van der Waals surface area (Å²) < 4.78 is 0. The molecule has 20 heavy (non-hydrogen) atoms. The topological polar surface area (TPSA) is 110 Å². The molecule has 2 rings (SSSR count). The van der Waals surface area contributed by atoms with E-state index in [1.807, 2.05) is 0 Å². The predicted octanol–water partition coefficient (Wildman–Crippen LogP) is -1.16. The predicted molar refractivity (Wildman–Crippen MR) is 67.9 cm³/mol. The highest BCUT2D eigenvalue weighted by molar-refractivity contribution is 5.92. The standard InChI is InChI=1S/C12H19N3O5/c1-12(2)10(19)13-3-4-15(12)11(20)14-6-7(16)5-8(14)9(17)18/h7-8,16H,3-6H2,1-2H3,(H,13,19)(H,17,18)/t7?,8-/m0/s1. The average Bonchev–Trinajstić information content (AvgIpc) is 2.74. The van der Waals surface area contributed by atoms with Crippen LogP contribution in [0.3, 0.4) is 0 Å². The second-order valence-electron chi connectivity index (χ2n) is 5.65. The summed E-state index contributed by atoms with van der Waals surface area (Å²) in [6, 6.07) is -1.56. The zero-order chi connectivity index (χ0) is 15.1.